The average molecular weight is 285 g/mol. The summed E-state index contributed by atoms with van der Waals surface area (Å²) in [5, 5.41) is 8.73. The second kappa shape index (κ2) is 6.65. The number of ketones is 1. The molecule has 21 heavy (non-hydrogen) atoms. The van der Waals surface area contributed by atoms with Crippen molar-refractivity contribution in [1.29, 1.82) is 0 Å². The topological polar surface area (TPSA) is 76.5 Å². The van der Waals surface area contributed by atoms with Crippen LogP contribution in [0.5, 0.6) is 5.75 Å². The van der Waals surface area contributed by atoms with Crippen molar-refractivity contribution in [2.45, 2.75) is 12.8 Å². The summed E-state index contributed by atoms with van der Waals surface area (Å²) >= 11 is 0. The molecule has 2 rings (SSSR count). The molecule has 0 saturated carbocycles. The Labute approximate surface area is 122 Å². The van der Waals surface area contributed by atoms with Crippen LogP contribution in [0.3, 0.4) is 0 Å². The number of rotatable bonds is 6. The zero-order chi connectivity index (χ0) is 15.2. The molecule has 2 aromatic rings. The van der Waals surface area contributed by atoms with Crippen LogP contribution in [-0.4, -0.2) is 29.0 Å². The molecule has 5 heteroatoms. The largest absolute Gasteiger partial charge is 0.496 e. The van der Waals surface area contributed by atoms with Gasteiger partial charge in [-0.05, 0) is 36.2 Å². The number of ether oxygens (including phenoxy) is 1. The molecule has 0 atom stereocenters. The van der Waals surface area contributed by atoms with Crippen molar-refractivity contribution in [3.8, 4) is 5.75 Å². The molecular formula is C16H15NO4. The summed E-state index contributed by atoms with van der Waals surface area (Å²) in [6, 6.07) is 8.40. The molecule has 0 fully saturated rings. The normalized spacial score (nSPS) is 10.1. The van der Waals surface area contributed by atoms with Crippen LogP contribution >= 0.6 is 0 Å². The van der Waals surface area contributed by atoms with E-state index in [-0.39, 0.29) is 12.2 Å². The molecule has 0 spiro atoms. The molecular weight excluding hydrogens is 270 g/mol. The van der Waals surface area contributed by atoms with Gasteiger partial charge in [-0.2, -0.15) is 0 Å². The van der Waals surface area contributed by atoms with Crippen LogP contribution in [0.4, 0.5) is 0 Å². The van der Waals surface area contributed by atoms with Gasteiger partial charge in [0.25, 0.3) is 0 Å². The Bertz CT molecular complexity index is 653. The fraction of sp³-hybridized carbons (Fsp3) is 0.188. The van der Waals surface area contributed by atoms with Crippen LogP contribution in [-0.2, 0) is 11.2 Å². The van der Waals surface area contributed by atoms with E-state index >= 15 is 0 Å². The molecule has 0 radical (unpaired) electrons. The molecule has 0 aliphatic carbocycles. The van der Waals surface area contributed by atoms with Gasteiger partial charge >= 0.3 is 5.97 Å². The molecule has 0 bridgehead atoms. The number of carboxylic acid groups (broad SMARTS) is 1. The van der Waals surface area contributed by atoms with E-state index < -0.39 is 5.97 Å². The van der Waals surface area contributed by atoms with Crippen molar-refractivity contribution in [3.05, 3.63) is 59.4 Å². The molecule has 108 valence electrons. The maximum Gasteiger partial charge on any atom is 0.303 e. The van der Waals surface area contributed by atoms with E-state index in [1.54, 1.807) is 42.7 Å². The number of nitrogens with zero attached hydrogens (tertiary/aromatic N) is 1. The van der Waals surface area contributed by atoms with Gasteiger partial charge in [0.1, 0.15) is 5.75 Å². The molecule has 5 nitrogen and oxygen atoms in total. The molecule has 1 N–H and O–H groups in total. The first kappa shape index (κ1) is 14.7. The highest BCUT2D eigenvalue weighted by atomic mass is 16.5. The number of benzene rings is 1. The van der Waals surface area contributed by atoms with Crippen molar-refractivity contribution in [3.63, 3.8) is 0 Å². The Hall–Kier alpha value is -2.69. The van der Waals surface area contributed by atoms with E-state index in [2.05, 4.69) is 4.98 Å². The van der Waals surface area contributed by atoms with Gasteiger partial charge in [0.05, 0.1) is 12.7 Å². The van der Waals surface area contributed by atoms with Crippen LogP contribution in [0.2, 0.25) is 0 Å². The SMILES string of the molecule is COc1ccc(CCC(=O)O)cc1C(=O)c1ccncc1. The number of hydrogen-bond donors (Lipinski definition) is 1. The van der Waals surface area contributed by atoms with Gasteiger partial charge in [0.15, 0.2) is 5.78 Å². The zero-order valence-electron chi connectivity index (χ0n) is 11.6. The Balaban J connectivity index is 2.34. The van der Waals surface area contributed by atoms with Gasteiger partial charge in [-0.3, -0.25) is 14.6 Å². The first-order valence-corrected chi connectivity index (χ1v) is 6.45. The minimum absolute atomic E-state index is 0.0230. The summed E-state index contributed by atoms with van der Waals surface area (Å²) in [5.74, 6) is -0.574. The summed E-state index contributed by atoms with van der Waals surface area (Å²) in [6.45, 7) is 0. The van der Waals surface area contributed by atoms with Crippen LogP contribution in [0.25, 0.3) is 0 Å². The van der Waals surface area contributed by atoms with E-state index in [1.807, 2.05) is 0 Å². The molecule has 0 saturated heterocycles. The van der Waals surface area contributed by atoms with E-state index in [0.29, 0.717) is 23.3 Å². The van der Waals surface area contributed by atoms with Crippen LogP contribution in [0, 0.1) is 0 Å². The number of hydrogen-bond acceptors (Lipinski definition) is 4. The summed E-state index contributed by atoms with van der Waals surface area (Å²) in [4.78, 5) is 27.0. The van der Waals surface area contributed by atoms with Gasteiger partial charge in [-0.25, -0.2) is 0 Å². The van der Waals surface area contributed by atoms with Crippen LogP contribution < -0.4 is 4.74 Å². The highest BCUT2D eigenvalue weighted by molar-refractivity contribution is 6.10. The van der Waals surface area contributed by atoms with Crippen molar-refractivity contribution >= 4 is 11.8 Å². The second-order valence-electron chi connectivity index (χ2n) is 4.49. The number of aliphatic carboxylic acids is 1. The molecule has 1 heterocycles. The number of methoxy groups -OCH3 is 1. The van der Waals surface area contributed by atoms with E-state index in [9.17, 15) is 9.59 Å². The highest BCUT2D eigenvalue weighted by Crippen LogP contribution is 2.23. The number of carboxylic acids is 1. The third kappa shape index (κ3) is 3.66. The average Bonchev–Trinajstić information content (AvgIpc) is 2.52. The second-order valence-corrected chi connectivity index (χ2v) is 4.49. The fourth-order valence-corrected chi connectivity index (χ4v) is 2.00. The minimum Gasteiger partial charge on any atom is -0.496 e. The lowest BCUT2D eigenvalue weighted by Gasteiger charge is -2.10. The number of carbonyl (C=O) groups is 2. The molecule has 0 aliphatic rings. The van der Waals surface area contributed by atoms with Crippen molar-refractivity contribution in [2.75, 3.05) is 7.11 Å². The lowest BCUT2D eigenvalue weighted by Crippen LogP contribution is -2.06. The molecule has 0 unspecified atom stereocenters. The van der Waals surface area contributed by atoms with Crippen molar-refractivity contribution in [1.82, 2.24) is 4.98 Å². The van der Waals surface area contributed by atoms with E-state index in [0.717, 1.165) is 5.56 Å². The van der Waals surface area contributed by atoms with Crippen LogP contribution in [0.1, 0.15) is 27.9 Å². The van der Waals surface area contributed by atoms with Crippen molar-refractivity contribution < 1.29 is 19.4 Å². The summed E-state index contributed by atoms with van der Waals surface area (Å²) < 4.78 is 5.22. The third-order valence-electron chi connectivity index (χ3n) is 3.08. The van der Waals surface area contributed by atoms with E-state index in [4.69, 9.17) is 9.84 Å². The van der Waals surface area contributed by atoms with Gasteiger partial charge in [0.2, 0.25) is 0 Å². The predicted molar refractivity (Wildman–Crippen MR) is 76.6 cm³/mol. The molecule has 0 aliphatic heterocycles. The van der Waals surface area contributed by atoms with Gasteiger partial charge < -0.3 is 9.84 Å². The maximum atomic E-state index is 12.5. The van der Waals surface area contributed by atoms with Crippen LogP contribution in [0.15, 0.2) is 42.7 Å². The summed E-state index contributed by atoms with van der Waals surface area (Å²) in [6.07, 6.45) is 3.49. The standard InChI is InChI=1S/C16H15NO4/c1-21-14-4-2-11(3-5-15(18)19)10-13(14)16(20)12-6-8-17-9-7-12/h2,4,6-10H,3,5H2,1H3,(H,18,19). The Morgan fingerprint density at radius 1 is 1.19 bits per heavy atom. The van der Waals surface area contributed by atoms with Gasteiger partial charge in [-0.1, -0.05) is 6.07 Å². The first-order valence-electron chi connectivity index (χ1n) is 6.45. The minimum atomic E-state index is -0.868. The van der Waals surface area contributed by atoms with Crippen molar-refractivity contribution in [2.24, 2.45) is 0 Å². The van der Waals surface area contributed by atoms with Gasteiger partial charge in [0, 0.05) is 24.4 Å². The Kier molecular flexibility index (Phi) is 4.66. The number of carbonyl (C=O) groups excluding carboxylic acids is 1. The van der Waals surface area contributed by atoms with Gasteiger partial charge in [-0.15, -0.1) is 0 Å². The number of aromatic nitrogens is 1. The summed E-state index contributed by atoms with van der Waals surface area (Å²) in [5.41, 5.74) is 1.72. The molecule has 0 amide bonds. The third-order valence-corrected chi connectivity index (χ3v) is 3.08. The fourth-order valence-electron chi connectivity index (χ4n) is 2.00. The highest BCUT2D eigenvalue weighted by Gasteiger charge is 2.15. The zero-order valence-corrected chi connectivity index (χ0v) is 11.6. The molecule has 1 aromatic heterocycles. The Morgan fingerprint density at radius 2 is 1.90 bits per heavy atom. The first-order chi connectivity index (χ1) is 10.1. The smallest absolute Gasteiger partial charge is 0.303 e. The quantitative estimate of drug-likeness (QED) is 0.824. The number of aryl methyl sites for hydroxylation is 1. The monoisotopic (exact) mass is 285 g/mol. The number of pyridine rings is 1. The summed E-state index contributed by atoms with van der Waals surface area (Å²) in [7, 11) is 1.50. The van der Waals surface area contributed by atoms with E-state index in [1.165, 1.54) is 7.11 Å². The predicted octanol–water partition coefficient (Wildman–Crippen LogP) is 2.34. The lowest BCUT2D eigenvalue weighted by molar-refractivity contribution is -0.136. The lowest BCUT2D eigenvalue weighted by atomic mass is 9.99. The maximum absolute atomic E-state index is 12.5. The Morgan fingerprint density at radius 3 is 2.52 bits per heavy atom. The molecule has 1 aromatic carbocycles.